The van der Waals surface area contributed by atoms with Gasteiger partial charge in [0.25, 0.3) is 0 Å². The average molecular weight is 340 g/mol. The second-order valence-corrected chi connectivity index (χ2v) is 7.92. The Morgan fingerprint density at radius 1 is 1.08 bits per heavy atom. The summed E-state index contributed by atoms with van der Waals surface area (Å²) in [6.45, 7) is 0. The zero-order valence-electron chi connectivity index (χ0n) is 13.1. The van der Waals surface area contributed by atoms with E-state index >= 15 is 0 Å². The van der Waals surface area contributed by atoms with Crippen LogP contribution in [0.1, 0.15) is 49.1 Å². The molecule has 4 fully saturated rings. The van der Waals surface area contributed by atoms with Gasteiger partial charge in [0.15, 0.2) is 5.76 Å². The summed E-state index contributed by atoms with van der Waals surface area (Å²) in [7, 11) is 0. The molecule has 0 spiro atoms. The lowest BCUT2D eigenvalue weighted by Gasteiger charge is -2.58. The van der Waals surface area contributed by atoms with Crippen molar-refractivity contribution in [1.29, 1.82) is 0 Å². The lowest BCUT2D eigenvalue weighted by molar-refractivity contribution is -0.183. The second-order valence-electron chi connectivity index (χ2n) is 7.92. The molecule has 4 aliphatic carbocycles. The summed E-state index contributed by atoms with van der Waals surface area (Å²) in [6, 6.07) is 2.81. The molecule has 0 aromatic carbocycles. The van der Waals surface area contributed by atoms with E-state index in [1.807, 2.05) is 0 Å². The number of hydrogen-bond donors (Lipinski definition) is 0. The van der Waals surface area contributed by atoms with Gasteiger partial charge in [0.05, 0.1) is 12.2 Å². The summed E-state index contributed by atoms with van der Waals surface area (Å²) < 4.78 is 44.8. The normalized spacial score (nSPS) is 35.9. The van der Waals surface area contributed by atoms with Gasteiger partial charge in [-0.2, -0.15) is 13.2 Å². The largest absolute Gasteiger partial charge is 0.461 e. The molecule has 0 unspecified atom stereocenters. The molecule has 0 aliphatic heterocycles. The third-order valence-corrected chi connectivity index (χ3v) is 6.27. The van der Waals surface area contributed by atoms with Crippen molar-refractivity contribution in [2.75, 3.05) is 0 Å². The van der Waals surface area contributed by atoms with E-state index in [4.69, 9.17) is 4.42 Å². The highest BCUT2D eigenvalue weighted by atomic mass is 19.4. The molecule has 4 bridgehead atoms. The van der Waals surface area contributed by atoms with Crippen LogP contribution in [0.5, 0.6) is 0 Å². The second kappa shape index (κ2) is 5.20. The monoisotopic (exact) mass is 340 g/mol. The van der Waals surface area contributed by atoms with Crippen LogP contribution >= 0.6 is 0 Å². The maximum Gasteiger partial charge on any atom is 0.450 e. The molecular formula is C18H19F3O3. The number of alkyl halides is 3. The fourth-order valence-corrected chi connectivity index (χ4v) is 5.93. The zero-order chi connectivity index (χ0) is 17.1. The topological polar surface area (TPSA) is 47.3 Å². The van der Waals surface area contributed by atoms with Gasteiger partial charge in [-0.3, -0.25) is 9.59 Å². The zero-order valence-corrected chi connectivity index (χ0v) is 13.1. The van der Waals surface area contributed by atoms with Crippen LogP contribution < -0.4 is 0 Å². The summed E-state index contributed by atoms with van der Waals surface area (Å²) in [5.41, 5.74) is -0.842. The van der Waals surface area contributed by atoms with Crippen molar-refractivity contribution in [3.05, 3.63) is 24.2 Å². The molecule has 0 saturated heterocycles. The predicted molar refractivity (Wildman–Crippen MR) is 78.2 cm³/mol. The van der Waals surface area contributed by atoms with E-state index < -0.39 is 29.1 Å². The first kappa shape index (κ1) is 15.9. The Kier molecular flexibility index (Phi) is 3.45. The van der Waals surface area contributed by atoms with Crippen molar-refractivity contribution in [2.24, 2.45) is 29.1 Å². The molecule has 4 aliphatic rings. The average Bonchev–Trinajstić information content (AvgIpc) is 2.98. The number of ketones is 2. The van der Waals surface area contributed by atoms with Crippen molar-refractivity contribution < 1.29 is 27.2 Å². The van der Waals surface area contributed by atoms with Crippen molar-refractivity contribution in [3.63, 3.8) is 0 Å². The SMILES string of the molecule is O=C(c1ccco1)[C@@H](C(=O)C(F)(F)F)C12CC3CC(CC(C3)C1)C2. The Morgan fingerprint density at radius 3 is 2.04 bits per heavy atom. The molecule has 0 radical (unpaired) electrons. The van der Waals surface area contributed by atoms with Gasteiger partial charge in [-0.15, -0.1) is 0 Å². The minimum absolute atomic E-state index is 0.145. The van der Waals surface area contributed by atoms with Gasteiger partial charge in [0, 0.05) is 0 Å². The standard InChI is InChI=1S/C18H19F3O3/c19-18(20,21)16(23)14(15(22)13-2-1-3-24-13)17-7-10-4-11(8-17)6-12(5-10)9-17/h1-3,10-12,14H,4-9H2/t10?,11?,12?,14-,17?/m0/s1. The number of rotatable bonds is 4. The third kappa shape index (κ3) is 2.42. The van der Waals surface area contributed by atoms with Crippen LogP contribution in [-0.2, 0) is 4.79 Å². The Hall–Kier alpha value is -1.59. The van der Waals surface area contributed by atoms with Crippen LogP contribution in [0.4, 0.5) is 13.2 Å². The number of carbonyl (C=O) groups is 2. The molecule has 5 rings (SSSR count). The lowest BCUT2D eigenvalue weighted by Crippen LogP contribution is -2.55. The molecule has 1 aromatic heterocycles. The molecule has 1 heterocycles. The van der Waals surface area contributed by atoms with E-state index in [0.717, 1.165) is 19.3 Å². The van der Waals surface area contributed by atoms with Crippen molar-refractivity contribution >= 4 is 11.6 Å². The molecule has 4 saturated carbocycles. The maximum atomic E-state index is 13.3. The van der Waals surface area contributed by atoms with Crippen molar-refractivity contribution in [1.82, 2.24) is 0 Å². The minimum Gasteiger partial charge on any atom is -0.461 e. The van der Waals surface area contributed by atoms with Crippen LogP contribution in [0.3, 0.4) is 0 Å². The number of Topliss-reactive ketones (excluding diaryl/α,β-unsaturated/α-hetero) is 2. The molecule has 6 heteroatoms. The first-order chi connectivity index (χ1) is 11.3. The van der Waals surface area contributed by atoms with Crippen LogP contribution in [0.15, 0.2) is 22.8 Å². The molecule has 24 heavy (non-hydrogen) atoms. The summed E-state index contributed by atoms with van der Waals surface area (Å²) >= 11 is 0. The van der Waals surface area contributed by atoms with E-state index in [9.17, 15) is 22.8 Å². The van der Waals surface area contributed by atoms with E-state index in [1.165, 1.54) is 18.4 Å². The summed E-state index contributed by atoms with van der Waals surface area (Å²) in [5, 5.41) is 0. The summed E-state index contributed by atoms with van der Waals surface area (Å²) in [4.78, 5) is 25.0. The van der Waals surface area contributed by atoms with Crippen LogP contribution in [0.2, 0.25) is 0 Å². The summed E-state index contributed by atoms with van der Waals surface area (Å²) in [5.74, 6) is -3.45. The number of furan rings is 1. The van der Waals surface area contributed by atoms with Crippen LogP contribution in [0, 0.1) is 29.1 Å². The number of carbonyl (C=O) groups excluding carboxylic acids is 2. The lowest BCUT2D eigenvalue weighted by atomic mass is 9.45. The molecule has 0 N–H and O–H groups in total. The van der Waals surface area contributed by atoms with E-state index in [-0.39, 0.29) is 5.76 Å². The van der Waals surface area contributed by atoms with Crippen LogP contribution in [-0.4, -0.2) is 17.7 Å². The number of halogens is 3. The van der Waals surface area contributed by atoms with Gasteiger partial charge < -0.3 is 4.42 Å². The van der Waals surface area contributed by atoms with Gasteiger partial charge in [0.1, 0.15) is 0 Å². The molecule has 3 nitrogen and oxygen atoms in total. The molecule has 1 atom stereocenters. The third-order valence-electron chi connectivity index (χ3n) is 6.27. The first-order valence-corrected chi connectivity index (χ1v) is 8.47. The predicted octanol–water partition coefficient (Wildman–Crippen LogP) is 4.43. The minimum atomic E-state index is -5.00. The fourth-order valence-electron chi connectivity index (χ4n) is 5.93. The van der Waals surface area contributed by atoms with Gasteiger partial charge in [0.2, 0.25) is 11.6 Å². The molecule has 1 aromatic rings. The summed E-state index contributed by atoms with van der Waals surface area (Å²) in [6.07, 6.45) is 0.995. The quantitative estimate of drug-likeness (QED) is 0.602. The van der Waals surface area contributed by atoms with E-state index in [2.05, 4.69) is 0 Å². The maximum absolute atomic E-state index is 13.3. The van der Waals surface area contributed by atoms with Gasteiger partial charge in [-0.25, -0.2) is 0 Å². The van der Waals surface area contributed by atoms with Gasteiger partial charge >= 0.3 is 6.18 Å². The number of hydrogen-bond acceptors (Lipinski definition) is 3. The van der Waals surface area contributed by atoms with Gasteiger partial charge in [-0.05, 0) is 73.8 Å². The van der Waals surface area contributed by atoms with Crippen molar-refractivity contribution in [3.8, 4) is 0 Å². The Morgan fingerprint density at radius 2 is 1.62 bits per heavy atom. The molecule has 0 amide bonds. The highest BCUT2D eigenvalue weighted by Gasteiger charge is 2.61. The highest BCUT2D eigenvalue weighted by molar-refractivity contribution is 6.11. The van der Waals surface area contributed by atoms with Gasteiger partial charge in [-0.1, -0.05) is 0 Å². The fraction of sp³-hybridized carbons (Fsp3) is 0.667. The van der Waals surface area contributed by atoms with Crippen molar-refractivity contribution in [2.45, 2.75) is 44.7 Å². The first-order valence-electron chi connectivity index (χ1n) is 8.47. The Balaban J connectivity index is 1.75. The Labute approximate surface area is 137 Å². The van der Waals surface area contributed by atoms with Crippen LogP contribution in [0.25, 0.3) is 0 Å². The molecular weight excluding hydrogens is 321 g/mol. The molecule has 130 valence electrons. The van der Waals surface area contributed by atoms with E-state index in [0.29, 0.717) is 37.0 Å². The highest BCUT2D eigenvalue weighted by Crippen LogP contribution is 2.63. The Bertz CT molecular complexity index is 624. The smallest absolute Gasteiger partial charge is 0.450 e. The van der Waals surface area contributed by atoms with E-state index in [1.54, 1.807) is 0 Å².